The molecule has 78 valence electrons. The molecule has 0 aliphatic carbocycles. The zero-order chi connectivity index (χ0) is 10.6. The third-order valence-corrected chi connectivity index (χ3v) is 2.53. The molecule has 0 unspecified atom stereocenters. The van der Waals surface area contributed by atoms with Crippen molar-refractivity contribution in [3.63, 3.8) is 0 Å². The van der Waals surface area contributed by atoms with Crippen LogP contribution in [0.5, 0.6) is 0 Å². The van der Waals surface area contributed by atoms with Crippen LogP contribution in [0.25, 0.3) is 0 Å². The van der Waals surface area contributed by atoms with Crippen molar-refractivity contribution in [3.8, 4) is 0 Å². The molecular formula is C13H21N. The van der Waals surface area contributed by atoms with E-state index in [4.69, 9.17) is 0 Å². The van der Waals surface area contributed by atoms with Crippen LogP contribution in [0.3, 0.4) is 0 Å². The van der Waals surface area contributed by atoms with Gasteiger partial charge in [-0.25, -0.2) is 0 Å². The van der Waals surface area contributed by atoms with Crippen molar-refractivity contribution in [2.24, 2.45) is 0 Å². The summed E-state index contributed by atoms with van der Waals surface area (Å²) in [5.41, 5.74) is 4.30. The summed E-state index contributed by atoms with van der Waals surface area (Å²) >= 11 is 0. The third-order valence-electron chi connectivity index (χ3n) is 2.53. The number of rotatable bonds is 4. The van der Waals surface area contributed by atoms with Crippen LogP contribution in [-0.2, 0) is 13.0 Å². The number of hydrogen-bond acceptors (Lipinski definition) is 1. The lowest BCUT2D eigenvalue weighted by Crippen LogP contribution is -2.06. The van der Waals surface area contributed by atoms with Gasteiger partial charge in [-0.05, 0) is 36.1 Å². The van der Waals surface area contributed by atoms with Gasteiger partial charge in [0.1, 0.15) is 0 Å². The minimum absolute atomic E-state index is 0.622. The van der Waals surface area contributed by atoms with Crippen molar-refractivity contribution in [2.45, 2.75) is 39.7 Å². The van der Waals surface area contributed by atoms with Crippen LogP contribution in [0.15, 0.2) is 18.2 Å². The van der Waals surface area contributed by atoms with Gasteiger partial charge in [-0.2, -0.15) is 0 Å². The summed E-state index contributed by atoms with van der Waals surface area (Å²) in [7, 11) is 1.99. The van der Waals surface area contributed by atoms with Gasteiger partial charge in [0.25, 0.3) is 0 Å². The van der Waals surface area contributed by atoms with E-state index in [9.17, 15) is 0 Å². The van der Waals surface area contributed by atoms with Gasteiger partial charge in [0.05, 0.1) is 0 Å². The van der Waals surface area contributed by atoms with E-state index in [0.717, 1.165) is 13.0 Å². The van der Waals surface area contributed by atoms with Gasteiger partial charge in [-0.15, -0.1) is 0 Å². The normalized spacial score (nSPS) is 10.9. The molecular weight excluding hydrogens is 170 g/mol. The van der Waals surface area contributed by atoms with Gasteiger partial charge in [0.2, 0.25) is 0 Å². The Hall–Kier alpha value is -0.820. The molecule has 1 aromatic carbocycles. The molecule has 0 saturated carbocycles. The molecule has 0 radical (unpaired) electrons. The fourth-order valence-electron chi connectivity index (χ4n) is 1.63. The number of hydrogen-bond donors (Lipinski definition) is 1. The first kappa shape index (κ1) is 11.3. The fraction of sp³-hybridized carbons (Fsp3) is 0.538. The molecule has 1 aromatic rings. The van der Waals surface area contributed by atoms with Crippen molar-refractivity contribution in [2.75, 3.05) is 7.05 Å². The summed E-state index contributed by atoms with van der Waals surface area (Å²) in [6, 6.07) is 6.92. The minimum Gasteiger partial charge on any atom is -0.316 e. The van der Waals surface area contributed by atoms with Crippen molar-refractivity contribution in [3.05, 3.63) is 34.9 Å². The summed E-state index contributed by atoms with van der Waals surface area (Å²) in [4.78, 5) is 0. The lowest BCUT2D eigenvalue weighted by atomic mass is 9.97. The van der Waals surface area contributed by atoms with E-state index in [2.05, 4.69) is 44.3 Å². The summed E-state index contributed by atoms with van der Waals surface area (Å²) in [5, 5.41) is 3.20. The topological polar surface area (TPSA) is 12.0 Å². The maximum Gasteiger partial charge on any atom is 0.0202 e. The highest BCUT2D eigenvalue weighted by molar-refractivity contribution is 5.32. The molecule has 0 aliphatic rings. The van der Waals surface area contributed by atoms with E-state index in [-0.39, 0.29) is 0 Å². The molecule has 1 N–H and O–H groups in total. The van der Waals surface area contributed by atoms with E-state index < -0.39 is 0 Å². The predicted octanol–water partition coefficient (Wildman–Crippen LogP) is 3.09. The highest BCUT2D eigenvalue weighted by Gasteiger charge is 2.02. The molecule has 0 heterocycles. The maximum atomic E-state index is 3.20. The van der Waals surface area contributed by atoms with E-state index in [1.54, 1.807) is 0 Å². The summed E-state index contributed by atoms with van der Waals surface area (Å²) in [6.45, 7) is 7.67. The van der Waals surface area contributed by atoms with E-state index in [0.29, 0.717) is 5.92 Å². The van der Waals surface area contributed by atoms with Crippen LogP contribution in [0.2, 0.25) is 0 Å². The second kappa shape index (κ2) is 5.16. The van der Waals surface area contributed by atoms with E-state index in [1.165, 1.54) is 16.7 Å². The number of aryl methyl sites for hydroxylation is 1. The number of nitrogens with one attached hydrogen (secondary N) is 1. The fourth-order valence-corrected chi connectivity index (χ4v) is 1.63. The Morgan fingerprint density at radius 3 is 2.29 bits per heavy atom. The molecule has 0 aromatic heterocycles. The molecule has 1 nitrogen and oxygen atoms in total. The monoisotopic (exact) mass is 191 g/mol. The zero-order valence-corrected chi connectivity index (χ0v) is 9.72. The Kier molecular flexibility index (Phi) is 4.15. The molecule has 0 saturated heterocycles. The average molecular weight is 191 g/mol. The largest absolute Gasteiger partial charge is 0.316 e. The first-order chi connectivity index (χ1) is 6.67. The van der Waals surface area contributed by atoms with Gasteiger partial charge in [-0.3, -0.25) is 0 Å². The molecule has 1 rings (SSSR count). The Balaban J connectivity index is 3.00. The van der Waals surface area contributed by atoms with Crippen LogP contribution in [0.4, 0.5) is 0 Å². The van der Waals surface area contributed by atoms with Crippen LogP contribution >= 0.6 is 0 Å². The highest BCUT2D eigenvalue weighted by Crippen LogP contribution is 2.18. The zero-order valence-electron chi connectivity index (χ0n) is 9.72. The second-order valence-corrected chi connectivity index (χ2v) is 4.12. The van der Waals surface area contributed by atoms with Gasteiger partial charge in [0.15, 0.2) is 0 Å². The van der Waals surface area contributed by atoms with Crippen LogP contribution in [0.1, 0.15) is 43.4 Å². The average Bonchev–Trinajstić information content (AvgIpc) is 2.17. The molecule has 0 aliphatic heterocycles. The molecule has 0 bridgehead atoms. The van der Waals surface area contributed by atoms with E-state index >= 15 is 0 Å². The van der Waals surface area contributed by atoms with Crippen molar-refractivity contribution in [1.29, 1.82) is 0 Å². The summed E-state index contributed by atoms with van der Waals surface area (Å²) in [5.74, 6) is 0.622. The standard InChI is InChI=1S/C13H21N/c1-5-11-6-12(9-14-4)8-13(7-11)10(2)3/h6-8,10,14H,5,9H2,1-4H3. The first-order valence-electron chi connectivity index (χ1n) is 5.44. The quantitative estimate of drug-likeness (QED) is 0.771. The number of benzene rings is 1. The lowest BCUT2D eigenvalue weighted by Gasteiger charge is -2.11. The van der Waals surface area contributed by atoms with Gasteiger partial charge < -0.3 is 5.32 Å². The summed E-state index contributed by atoms with van der Waals surface area (Å²) < 4.78 is 0. The SMILES string of the molecule is CCc1cc(CNC)cc(C(C)C)c1. The molecule has 14 heavy (non-hydrogen) atoms. The predicted molar refractivity (Wildman–Crippen MR) is 62.7 cm³/mol. The van der Waals surface area contributed by atoms with Gasteiger partial charge in [-0.1, -0.05) is 39.0 Å². The minimum atomic E-state index is 0.622. The molecule has 0 spiro atoms. The first-order valence-corrected chi connectivity index (χ1v) is 5.44. The Morgan fingerprint density at radius 1 is 1.14 bits per heavy atom. The smallest absolute Gasteiger partial charge is 0.0202 e. The van der Waals surface area contributed by atoms with Gasteiger partial charge >= 0.3 is 0 Å². The van der Waals surface area contributed by atoms with Crippen molar-refractivity contribution < 1.29 is 0 Å². The Morgan fingerprint density at radius 2 is 1.79 bits per heavy atom. The van der Waals surface area contributed by atoms with Crippen LogP contribution in [-0.4, -0.2) is 7.05 Å². The lowest BCUT2D eigenvalue weighted by molar-refractivity contribution is 0.803. The van der Waals surface area contributed by atoms with Crippen LogP contribution in [0, 0.1) is 0 Å². The maximum absolute atomic E-state index is 3.20. The molecule has 0 amide bonds. The van der Waals surface area contributed by atoms with E-state index in [1.807, 2.05) is 7.05 Å². The highest BCUT2D eigenvalue weighted by atomic mass is 14.8. The molecule has 0 atom stereocenters. The van der Waals surface area contributed by atoms with Crippen molar-refractivity contribution >= 4 is 0 Å². The van der Waals surface area contributed by atoms with Crippen LogP contribution < -0.4 is 5.32 Å². The van der Waals surface area contributed by atoms with Gasteiger partial charge in [0, 0.05) is 6.54 Å². The molecule has 0 fully saturated rings. The Labute approximate surface area is 87.5 Å². The Bertz CT molecular complexity index is 289. The third kappa shape index (κ3) is 2.85. The second-order valence-electron chi connectivity index (χ2n) is 4.12. The summed E-state index contributed by atoms with van der Waals surface area (Å²) in [6.07, 6.45) is 1.12. The van der Waals surface area contributed by atoms with Crippen molar-refractivity contribution in [1.82, 2.24) is 5.32 Å². The molecule has 1 heteroatoms.